The third-order valence-corrected chi connectivity index (χ3v) is 7.66. The number of piperidine rings is 1. The lowest BCUT2D eigenvalue weighted by Crippen LogP contribution is -2.35. The number of para-hydroxylation sites is 2. The van der Waals surface area contributed by atoms with E-state index in [9.17, 15) is 13.2 Å². The van der Waals surface area contributed by atoms with Crippen molar-refractivity contribution in [3.05, 3.63) is 58.8 Å². The molecule has 3 aromatic rings. The molecule has 10 heteroatoms. The number of sulfonamides is 1. The molecule has 1 aromatic carbocycles. The number of hydrogen-bond donors (Lipinski definition) is 1. The molecule has 3 heterocycles. The van der Waals surface area contributed by atoms with E-state index >= 15 is 0 Å². The molecule has 0 atom stereocenters. The highest BCUT2D eigenvalue weighted by molar-refractivity contribution is 7.89. The zero-order valence-corrected chi connectivity index (χ0v) is 18.8. The minimum Gasteiger partial charge on any atom is -0.485 e. The summed E-state index contributed by atoms with van der Waals surface area (Å²) < 4.78 is 34.7. The van der Waals surface area contributed by atoms with Crippen LogP contribution in [0.4, 0.5) is 5.69 Å². The van der Waals surface area contributed by atoms with E-state index in [1.54, 1.807) is 30.8 Å². The molecular formula is C21H24N4O4S2. The summed E-state index contributed by atoms with van der Waals surface area (Å²) in [5, 5.41) is 4.73. The van der Waals surface area contributed by atoms with Crippen LogP contribution in [0.25, 0.3) is 0 Å². The number of aromatic nitrogens is 2. The normalized spacial score (nSPS) is 15.0. The van der Waals surface area contributed by atoms with E-state index in [0.29, 0.717) is 31.1 Å². The molecule has 0 saturated carbocycles. The van der Waals surface area contributed by atoms with Crippen LogP contribution >= 0.6 is 11.3 Å². The van der Waals surface area contributed by atoms with E-state index in [1.165, 1.54) is 32.5 Å². The van der Waals surface area contributed by atoms with Gasteiger partial charge in [-0.05, 0) is 31.0 Å². The number of rotatable bonds is 7. The number of anilines is 1. The molecule has 2 aromatic heterocycles. The molecular weight excluding hydrogens is 436 g/mol. The number of thiazole rings is 1. The molecule has 8 nitrogen and oxygen atoms in total. The van der Waals surface area contributed by atoms with Gasteiger partial charge in [0.05, 0.1) is 16.9 Å². The number of carbonyl (C=O) groups is 1. The summed E-state index contributed by atoms with van der Waals surface area (Å²) >= 11 is 1.49. The van der Waals surface area contributed by atoms with Crippen molar-refractivity contribution in [2.24, 2.45) is 7.05 Å². The Balaban J connectivity index is 1.51. The Morgan fingerprint density at radius 3 is 2.74 bits per heavy atom. The lowest BCUT2D eigenvalue weighted by atomic mass is 10.2. The number of aryl methyl sites for hydroxylation is 1. The molecule has 0 spiro atoms. The Hall–Kier alpha value is -2.69. The first kappa shape index (κ1) is 21.5. The van der Waals surface area contributed by atoms with Crippen molar-refractivity contribution in [2.75, 3.05) is 18.4 Å². The quantitative estimate of drug-likeness (QED) is 0.583. The lowest BCUT2D eigenvalue weighted by Gasteiger charge is -2.25. The Morgan fingerprint density at radius 2 is 2.00 bits per heavy atom. The smallest absolute Gasteiger partial charge is 0.272 e. The molecule has 1 fully saturated rings. The number of hydrogen-bond acceptors (Lipinski definition) is 6. The molecule has 31 heavy (non-hydrogen) atoms. The molecule has 4 rings (SSSR count). The van der Waals surface area contributed by atoms with E-state index in [0.717, 1.165) is 25.0 Å². The molecule has 1 aliphatic heterocycles. The monoisotopic (exact) mass is 460 g/mol. The van der Waals surface area contributed by atoms with Crippen molar-refractivity contribution < 1.29 is 17.9 Å². The first-order chi connectivity index (χ1) is 14.9. The van der Waals surface area contributed by atoms with Crippen LogP contribution in [0.2, 0.25) is 0 Å². The second-order valence-electron chi connectivity index (χ2n) is 7.36. The average Bonchev–Trinajstić information content (AvgIpc) is 3.44. The lowest BCUT2D eigenvalue weighted by molar-refractivity contribution is 0.101. The van der Waals surface area contributed by atoms with Gasteiger partial charge in [0.1, 0.15) is 22.9 Å². The maximum atomic E-state index is 12.9. The largest absolute Gasteiger partial charge is 0.485 e. The fourth-order valence-corrected chi connectivity index (χ4v) is 5.63. The van der Waals surface area contributed by atoms with Crippen molar-refractivity contribution in [3.63, 3.8) is 0 Å². The van der Waals surface area contributed by atoms with Crippen LogP contribution in [-0.4, -0.2) is 41.3 Å². The minimum absolute atomic E-state index is 0.134. The van der Waals surface area contributed by atoms with Gasteiger partial charge in [-0.1, -0.05) is 18.6 Å². The van der Waals surface area contributed by atoms with Gasteiger partial charge in [0.2, 0.25) is 10.0 Å². The second-order valence-corrected chi connectivity index (χ2v) is 10.0. The molecule has 1 amide bonds. The van der Waals surface area contributed by atoms with Crippen LogP contribution in [0.5, 0.6) is 5.75 Å². The van der Waals surface area contributed by atoms with E-state index in [1.807, 2.05) is 11.4 Å². The van der Waals surface area contributed by atoms with Crippen LogP contribution in [0, 0.1) is 0 Å². The molecule has 1 N–H and O–H groups in total. The molecule has 0 radical (unpaired) electrons. The van der Waals surface area contributed by atoms with Gasteiger partial charge < -0.3 is 14.6 Å². The zero-order valence-electron chi connectivity index (χ0n) is 17.2. The van der Waals surface area contributed by atoms with E-state index in [4.69, 9.17) is 4.74 Å². The maximum Gasteiger partial charge on any atom is 0.272 e. The second kappa shape index (κ2) is 9.21. The van der Waals surface area contributed by atoms with Crippen molar-refractivity contribution in [1.82, 2.24) is 13.9 Å². The number of nitrogens with zero attached hydrogens (tertiary/aromatic N) is 3. The standard InChI is InChI=1S/C21H24N4O4S2/c1-24-12-17(31(27,28)25-9-5-2-6-10-25)11-19(24)21(26)23-18-7-3-4-8-20(18)29-13-16-14-30-15-22-16/h3-4,7-8,11-12,14-15H,2,5-6,9-10,13H2,1H3,(H,23,26). The van der Waals surface area contributed by atoms with Crippen LogP contribution in [0.1, 0.15) is 35.4 Å². The van der Waals surface area contributed by atoms with Gasteiger partial charge in [-0.2, -0.15) is 4.31 Å². The number of amides is 1. The highest BCUT2D eigenvalue weighted by atomic mass is 32.2. The van der Waals surface area contributed by atoms with E-state index in [-0.39, 0.29) is 10.6 Å². The topological polar surface area (TPSA) is 93.5 Å². The van der Waals surface area contributed by atoms with Crippen molar-refractivity contribution in [1.29, 1.82) is 0 Å². The van der Waals surface area contributed by atoms with Gasteiger partial charge >= 0.3 is 0 Å². The van der Waals surface area contributed by atoms with Gasteiger partial charge in [-0.15, -0.1) is 11.3 Å². The Morgan fingerprint density at radius 1 is 1.23 bits per heavy atom. The van der Waals surface area contributed by atoms with Crippen LogP contribution < -0.4 is 10.1 Å². The molecule has 1 aliphatic rings. The van der Waals surface area contributed by atoms with Crippen LogP contribution in [-0.2, 0) is 23.7 Å². The van der Waals surface area contributed by atoms with Crippen molar-refractivity contribution >= 4 is 33.0 Å². The van der Waals surface area contributed by atoms with Crippen molar-refractivity contribution in [3.8, 4) is 5.75 Å². The summed E-state index contributed by atoms with van der Waals surface area (Å²) in [4.78, 5) is 17.3. The van der Waals surface area contributed by atoms with Crippen LogP contribution in [0.3, 0.4) is 0 Å². The number of benzene rings is 1. The number of ether oxygens (including phenoxy) is 1. The first-order valence-corrected chi connectivity index (χ1v) is 12.4. The highest BCUT2D eigenvalue weighted by Crippen LogP contribution is 2.27. The Bertz CT molecular complexity index is 1150. The molecule has 1 saturated heterocycles. The fourth-order valence-electron chi connectivity index (χ4n) is 3.50. The summed E-state index contributed by atoms with van der Waals surface area (Å²) in [5.74, 6) is 0.103. The van der Waals surface area contributed by atoms with Gasteiger partial charge in [-0.3, -0.25) is 4.79 Å². The van der Waals surface area contributed by atoms with Gasteiger partial charge in [-0.25, -0.2) is 13.4 Å². The summed E-state index contributed by atoms with van der Waals surface area (Å²) in [6.07, 6.45) is 4.25. The minimum atomic E-state index is -3.61. The predicted molar refractivity (Wildman–Crippen MR) is 119 cm³/mol. The van der Waals surface area contributed by atoms with Gasteiger partial charge in [0, 0.05) is 31.7 Å². The maximum absolute atomic E-state index is 12.9. The average molecular weight is 461 g/mol. The molecule has 0 aliphatic carbocycles. The summed E-state index contributed by atoms with van der Waals surface area (Å²) in [6, 6.07) is 8.54. The SMILES string of the molecule is Cn1cc(S(=O)(=O)N2CCCCC2)cc1C(=O)Nc1ccccc1OCc1cscn1. The van der Waals surface area contributed by atoms with Gasteiger partial charge in [0.15, 0.2) is 0 Å². The zero-order chi connectivity index (χ0) is 21.8. The fraction of sp³-hybridized carbons (Fsp3) is 0.333. The summed E-state index contributed by atoms with van der Waals surface area (Å²) in [5.41, 5.74) is 3.30. The van der Waals surface area contributed by atoms with Crippen LogP contribution in [0.15, 0.2) is 52.3 Å². The molecule has 164 valence electrons. The van der Waals surface area contributed by atoms with Gasteiger partial charge in [0.25, 0.3) is 5.91 Å². The highest BCUT2D eigenvalue weighted by Gasteiger charge is 2.28. The van der Waals surface area contributed by atoms with Crippen molar-refractivity contribution in [2.45, 2.75) is 30.8 Å². The van der Waals surface area contributed by atoms with E-state index < -0.39 is 15.9 Å². The third-order valence-electron chi connectivity index (χ3n) is 5.16. The molecule has 0 bridgehead atoms. The summed E-state index contributed by atoms with van der Waals surface area (Å²) in [6.45, 7) is 1.32. The summed E-state index contributed by atoms with van der Waals surface area (Å²) in [7, 11) is -1.95. The number of nitrogens with one attached hydrogen (secondary N) is 1. The third kappa shape index (κ3) is 4.81. The first-order valence-electron chi connectivity index (χ1n) is 10.0. The Kier molecular flexibility index (Phi) is 6.40. The van der Waals surface area contributed by atoms with E-state index in [2.05, 4.69) is 10.3 Å². The predicted octanol–water partition coefficient (Wildman–Crippen LogP) is 3.49. The number of carbonyl (C=O) groups excluding carboxylic acids is 1. The Labute approximate surface area is 185 Å². The molecule has 0 unspecified atom stereocenters.